The minimum Gasteiger partial charge on any atom is -0.392 e. The molecule has 0 radical (unpaired) electrons. The summed E-state index contributed by atoms with van der Waals surface area (Å²) in [5.74, 6) is 0. The molecule has 0 amide bonds. The van der Waals surface area contributed by atoms with Crippen molar-refractivity contribution in [3.05, 3.63) is 0 Å². The van der Waals surface area contributed by atoms with Crippen molar-refractivity contribution in [1.82, 2.24) is 0 Å². The van der Waals surface area contributed by atoms with E-state index in [1.165, 1.54) is 70.6 Å². The molecule has 3 N–H and O–H groups in total. The molecular weight excluding hydrogens is 246 g/mol. The highest BCUT2D eigenvalue weighted by atomic mass is 16.3. The molecule has 0 aromatic rings. The molecule has 0 bridgehead atoms. The first-order chi connectivity index (χ1) is 9.72. The smallest absolute Gasteiger partial charge is 0.0691 e. The predicted molar refractivity (Wildman–Crippen MR) is 90.0 cm³/mol. The average molecular weight is 286 g/mol. The quantitative estimate of drug-likeness (QED) is 0.407. The molecule has 0 aromatic carbocycles. The maximum absolute atomic E-state index is 9.75. The highest BCUT2D eigenvalue weighted by molar-refractivity contribution is 4.69. The van der Waals surface area contributed by atoms with Gasteiger partial charge in [-0.2, -0.15) is 0 Å². The van der Waals surface area contributed by atoms with Crippen LogP contribution in [0.1, 0.15) is 104 Å². The van der Waals surface area contributed by atoms with E-state index in [0.717, 1.165) is 19.3 Å². The van der Waals surface area contributed by atoms with Gasteiger partial charge in [0, 0.05) is 6.04 Å². The van der Waals surface area contributed by atoms with Gasteiger partial charge in [0.05, 0.1) is 6.10 Å². The van der Waals surface area contributed by atoms with E-state index in [9.17, 15) is 5.11 Å². The first-order valence-electron chi connectivity index (χ1n) is 9.16. The lowest BCUT2D eigenvalue weighted by Crippen LogP contribution is -2.33. The zero-order chi connectivity index (χ0) is 15.1. The Balaban J connectivity index is 3.10. The van der Waals surface area contributed by atoms with Crippen molar-refractivity contribution in [1.29, 1.82) is 0 Å². The number of nitrogens with two attached hydrogens (primary N) is 1. The first kappa shape index (κ1) is 19.9. The van der Waals surface area contributed by atoms with Crippen LogP contribution in [0.15, 0.2) is 0 Å². The Morgan fingerprint density at radius 1 is 0.700 bits per heavy atom. The van der Waals surface area contributed by atoms with Crippen molar-refractivity contribution >= 4 is 0 Å². The van der Waals surface area contributed by atoms with Crippen LogP contribution >= 0.6 is 0 Å². The van der Waals surface area contributed by atoms with Crippen LogP contribution in [0.4, 0.5) is 0 Å². The molecule has 2 heteroatoms. The molecule has 0 saturated heterocycles. The van der Waals surface area contributed by atoms with Gasteiger partial charge in [0.25, 0.3) is 0 Å². The van der Waals surface area contributed by atoms with Crippen LogP contribution < -0.4 is 5.73 Å². The molecule has 0 fully saturated rings. The molecule has 0 spiro atoms. The van der Waals surface area contributed by atoms with Crippen LogP contribution in [0.3, 0.4) is 0 Å². The van der Waals surface area contributed by atoms with E-state index in [1.54, 1.807) is 0 Å². The summed E-state index contributed by atoms with van der Waals surface area (Å²) in [5, 5.41) is 9.75. The van der Waals surface area contributed by atoms with Crippen LogP contribution in [-0.2, 0) is 0 Å². The van der Waals surface area contributed by atoms with Crippen molar-refractivity contribution in [2.24, 2.45) is 5.73 Å². The second-order valence-corrected chi connectivity index (χ2v) is 6.32. The van der Waals surface area contributed by atoms with Crippen LogP contribution in [0.2, 0.25) is 0 Å². The monoisotopic (exact) mass is 285 g/mol. The standard InChI is InChI=1S/C18H39NO/c1-3-5-6-7-8-9-10-11-12-13-14-15-16-18(20)17(19)4-2/h17-18,20H,3-16,19H2,1-2H3/t17-,18+/m0/s1. The molecule has 0 aliphatic heterocycles. The fraction of sp³-hybridized carbons (Fsp3) is 1.00. The van der Waals surface area contributed by atoms with Crippen molar-refractivity contribution in [3.8, 4) is 0 Å². The van der Waals surface area contributed by atoms with Gasteiger partial charge in [-0.1, -0.05) is 90.9 Å². The lowest BCUT2D eigenvalue weighted by molar-refractivity contribution is 0.129. The van der Waals surface area contributed by atoms with E-state index in [4.69, 9.17) is 5.73 Å². The van der Waals surface area contributed by atoms with Crippen LogP contribution in [0.5, 0.6) is 0 Å². The van der Waals surface area contributed by atoms with Crippen molar-refractivity contribution in [2.75, 3.05) is 0 Å². The van der Waals surface area contributed by atoms with Crippen molar-refractivity contribution < 1.29 is 5.11 Å². The molecule has 0 unspecified atom stereocenters. The Hall–Kier alpha value is -0.0800. The number of rotatable bonds is 15. The van der Waals surface area contributed by atoms with Gasteiger partial charge in [0.2, 0.25) is 0 Å². The fourth-order valence-corrected chi connectivity index (χ4v) is 2.68. The fourth-order valence-electron chi connectivity index (χ4n) is 2.68. The van der Waals surface area contributed by atoms with Gasteiger partial charge in [-0.05, 0) is 12.8 Å². The zero-order valence-corrected chi connectivity index (χ0v) is 14.1. The Morgan fingerprint density at radius 3 is 1.50 bits per heavy atom. The van der Waals surface area contributed by atoms with Gasteiger partial charge in [-0.15, -0.1) is 0 Å². The van der Waals surface area contributed by atoms with Gasteiger partial charge < -0.3 is 10.8 Å². The molecule has 0 aromatic heterocycles. The van der Waals surface area contributed by atoms with Crippen LogP contribution in [0.25, 0.3) is 0 Å². The number of hydrogen-bond donors (Lipinski definition) is 2. The molecule has 0 aliphatic rings. The molecule has 0 aliphatic carbocycles. The summed E-state index contributed by atoms with van der Waals surface area (Å²) >= 11 is 0. The zero-order valence-electron chi connectivity index (χ0n) is 14.1. The number of aliphatic hydroxyl groups excluding tert-OH is 1. The van der Waals surface area contributed by atoms with E-state index in [0.29, 0.717) is 0 Å². The van der Waals surface area contributed by atoms with Gasteiger partial charge in [0.15, 0.2) is 0 Å². The van der Waals surface area contributed by atoms with E-state index >= 15 is 0 Å². The van der Waals surface area contributed by atoms with Crippen molar-refractivity contribution in [2.45, 2.75) is 116 Å². The van der Waals surface area contributed by atoms with Gasteiger partial charge in [0.1, 0.15) is 0 Å². The van der Waals surface area contributed by atoms with Crippen molar-refractivity contribution in [3.63, 3.8) is 0 Å². The van der Waals surface area contributed by atoms with E-state index in [-0.39, 0.29) is 12.1 Å². The SMILES string of the molecule is CCCCCCCCCCCCCC[C@@H](O)[C@@H](N)CC. The molecule has 0 rings (SSSR count). The van der Waals surface area contributed by atoms with E-state index < -0.39 is 0 Å². The normalized spacial score (nSPS) is 14.4. The highest BCUT2D eigenvalue weighted by Gasteiger charge is 2.11. The number of hydrogen-bond acceptors (Lipinski definition) is 2. The molecule has 2 nitrogen and oxygen atoms in total. The largest absolute Gasteiger partial charge is 0.392 e. The second kappa shape index (κ2) is 15.3. The predicted octanol–water partition coefficient (Wildman–Crippen LogP) is 5.18. The molecule has 0 heterocycles. The Morgan fingerprint density at radius 2 is 1.10 bits per heavy atom. The molecule has 2 atom stereocenters. The highest BCUT2D eigenvalue weighted by Crippen LogP contribution is 2.13. The Kier molecular flexibility index (Phi) is 15.3. The lowest BCUT2D eigenvalue weighted by Gasteiger charge is -2.16. The average Bonchev–Trinajstić information content (AvgIpc) is 2.47. The summed E-state index contributed by atoms with van der Waals surface area (Å²) in [6.45, 7) is 4.31. The minimum atomic E-state index is -0.289. The third kappa shape index (κ3) is 12.9. The molecule has 0 saturated carbocycles. The lowest BCUT2D eigenvalue weighted by atomic mass is 10.0. The van der Waals surface area contributed by atoms with E-state index in [1.807, 2.05) is 6.92 Å². The summed E-state index contributed by atoms with van der Waals surface area (Å²) in [5.41, 5.74) is 5.81. The third-order valence-corrected chi connectivity index (χ3v) is 4.32. The maximum atomic E-state index is 9.75. The van der Waals surface area contributed by atoms with Gasteiger partial charge >= 0.3 is 0 Å². The summed E-state index contributed by atoms with van der Waals surface area (Å²) in [6.07, 6.45) is 17.8. The summed E-state index contributed by atoms with van der Waals surface area (Å²) in [7, 11) is 0. The molecular formula is C18H39NO. The maximum Gasteiger partial charge on any atom is 0.0691 e. The Labute approximate surface area is 127 Å². The van der Waals surface area contributed by atoms with Gasteiger partial charge in [-0.3, -0.25) is 0 Å². The number of aliphatic hydroxyl groups is 1. The Bertz CT molecular complexity index is 184. The molecule has 20 heavy (non-hydrogen) atoms. The third-order valence-electron chi connectivity index (χ3n) is 4.32. The first-order valence-corrected chi connectivity index (χ1v) is 9.16. The van der Waals surface area contributed by atoms with Crippen LogP contribution in [0, 0.1) is 0 Å². The topological polar surface area (TPSA) is 46.2 Å². The van der Waals surface area contributed by atoms with Gasteiger partial charge in [-0.25, -0.2) is 0 Å². The summed E-state index contributed by atoms with van der Waals surface area (Å²) in [4.78, 5) is 0. The summed E-state index contributed by atoms with van der Waals surface area (Å²) in [6, 6.07) is -0.0253. The van der Waals surface area contributed by atoms with E-state index in [2.05, 4.69) is 6.92 Å². The summed E-state index contributed by atoms with van der Waals surface area (Å²) < 4.78 is 0. The van der Waals surface area contributed by atoms with Crippen LogP contribution in [-0.4, -0.2) is 17.3 Å². The number of unbranched alkanes of at least 4 members (excludes halogenated alkanes) is 11. The minimum absolute atomic E-state index is 0.0253. The second-order valence-electron chi connectivity index (χ2n) is 6.32. The molecule has 122 valence electrons.